The molecular weight excluding hydrogens is 148 g/mol. The van der Waals surface area contributed by atoms with Crippen LogP contribution in [0.3, 0.4) is 0 Å². The first-order valence-electron chi connectivity index (χ1n) is 4.02. The number of carbonyl (C=O) groups is 1. The largest absolute Gasteiger partial charge is 0.295 e. The highest BCUT2D eigenvalue weighted by atomic mass is 16.1. The van der Waals surface area contributed by atoms with Crippen molar-refractivity contribution in [2.75, 3.05) is 0 Å². The van der Waals surface area contributed by atoms with Crippen molar-refractivity contribution in [3.63, 3.8) is 0 Å². The van der Waals surface area contributed by atoms with Crippen molar-refractivity contribution in [2.45, 2.75) is 20.8 Å². The summed E-state index contributed by atoms with van der Waals surface area (Å²) in [5.41, 5.74) is 1.54. The van der Waals surface area contributed by atoms with Gasteiger partial charge in [-0.05, 0) is 12.8 Å². The number of rotatable bonds is 4. The van der Waals surface area contributed by atoms with Gasteiger partial charge in [0.15, 0.2) is 5.78 Å². The summed E-state index contributed by atoms with van der Waals surface area (Å²) in [5, 5.41) is 0. The van der Waals surface area contributed by atoms with Gasteiger partial charge in [-0.25, -0.2) is 0 Å². The van der Waals surface area contributed by atoms with Crippen molar-refractivity contribution in [1.29, 1.82) is 0 Å². The Kier molecular flexibility index (Phi) is 4.27. The molecule has 0 bridgehead atoms. The number of hydrogen-bond acceptors (Lipinski definition) is 1. The first kappa shape index (κ1) is 10.9. The van der Waals surface area contributed by atoms with Crippen LogP contribution in [0.2, 0.25) is 0 Å². The van der Waals surface area contributed by atoms with Gasteiger partial charge in [-0.3, -0.25) is 4.79 Å². The van der Waals surface area contributed by atoms with Crippen molar-refractivity contribution < 1.29 is 4.79 Å². The van der Waals surface area contributed by atoms with E-state index in [0.29, 0.717) is 11.5 Å². The molecule has 0 unspecified atom stereocenters. The first-order chi connectivity index (χ1) is 5.45. The molecule has 0 aromatic heterocycles. The summed E-state index contributed by atoms with van der Waals surface area (Å²) >= 11 is 0. The fourth-order valence-electron chi connectivity index (χ4n) is 0.517. The average molecular weight is 164 g/mol. The number of hydrogen-bond donors (Lipinski definition) is 0. The van der Waals surface area contributed by atoms with Crippen LogP contribution < -0.4 is 0 Å². The van der Waals surface area contributed by atoms with Crippen LogP contribution in [0.4, 0.5) is 0 Å². The SMILES string of the molecule is C=C(C=CC(=C)C(C)C)C(C)=O. The summed E-state index contributed by atoms with van der Waals surface area (Å²) in [4.78, 5) is 10.7. The van der Waals surface area contributed by atoms with Crippen LogP contribution in [-0.4, -0.2) is 5.78 Å². The molecular formula is C11H16O. The Morgan fingerprint density at radius 3 is 2.08 bits per heavy atom. The van der Waals surface area contributed by atoms with Gasteiger partial charge in [0.05, 0.1) is 0 Å². The summed E-state index contributed by atoms with van der Waals surface area (Å²) in [7, 11) is 0. The minimum absolute atomic E-state index is 0.00260. The molecule has 0 rings (SSSR count). The molecule has 0 spiro atoms. The molecule has 1 nitrogen and oxygen atoms in total. The second-order valence-electron chi connectivity index (χ2n) is 3.14. The summed E-state index contributed by atoms with van der Waals surface area (Å²) < 4.78 is 0. The third-order valence-electron chi connectivity index (χ3n) is 1.69. The van der Waals surface area contributed by atoms with Crippen LogP contribution >= 0.6 is 0 Å². The Balaban J connectivity index is 4.17. The van der Waals surface area contributed by atoms with E-state index in [0.717, 1.165) is 5.57 Å². The van der Waals surface area contributed by atoms with Gasteiger partial charge in [-0.1, -0.05) is 44.7 Å². The lowest BCUT2D eigenvalue weighted by atomic mass is 10.0. The maximum Gasteiger partial charge on any atom is 0.159 e. The van der Waals surface area contributed by atoms with Gasteiger partial charge in [-0.15, -0.1) is 0 Å². The van der Waals surface area contributed by atoms with Crippen molar-refractivity contribution in [3.05, 3.63) is 36.5 Å². The quantitative estimate of drug-likeness (QED) is 0.461. The van der Waals surface area contributed by atoms with Gasteiger partial charge >= 0.3 is 0 Å². The zero-order valence-electron chi connectivity index (χ0n) is 8.05. The molecule has 0 amide bonds. The molecule has 1 heteroatoms. The molecule has 0 saturated heterocycles. The third-order valence-corrected chi connectivity index (χ3v) is 1.69. The average Bonchev–Trinajstić information content (AvgIpc) is 1.98. The standard InChI is InChI=1S/C11H16O/c1-8(2)9(3)6-7-10(4)11(5)12/h6-8H,3-4H2,1-2,5H3. The van der Waals surface area contributed by atoms with E-state index in [1.165, 1.54) is 6.92 Å². The smallest absolute Gasteiger partial charge is 0.159 e. The summed E-state index contributed by atoms with van der Waals surface area (Å²) in [6.45, 7) is 13.1. The van der Waals surface area contributed by atoms with Gasteiger partial charge in [0.2, 0.25) is 0 Å². The van der Waals surface area contributed by atoms with Gasteiger partial charge in [0, 0.05) is 5.57 Å². The van der Waals surface area contributed by atoms with Crippen molar-refractivity contribution in [2.24, 2.45) is 5.92 Å². The van der Waals surface area contributed by atoms with E-state index < -0.39 is 0 Å². The fourth-order valence-corrected chi connectivity index (χ4v) is 0.517. The molecule has 0 aliphatic heterocycles. The highest BCUT2D eigenvalue weighted by molar-refractivity contribution is 5.95. The Bertz CT molecular complexity index is 231. The van der Waals surface area contributed by atoms with Gasteiger partial charge < -0.3 is 0 Å². The lowest BCUT2D eigenvalue weighted by Crippen LogP contribution is -1.92. The molecule has 0 fully saturated rings. The lowest BCUT2D eigenvalue weighted by molar-refractivity contribution is -0.113. The third kappa shape index (κ3) is 3.91. The predicted octanol–water partition coefficient (Wildman–Crippen LogP) is 2.90. The van der Waals surface area contributed by atoms with Crippen LogP contribution in [0, 0.1) is 5.92 Å². The summed E-state index contributed by atoms with van der Waals surface area (Å²) in [6.07, 6.45) is 3.55. The van der Waals surface area contributed by atoms with Crippen LogP contribution in [0.15, 0.2) is 36.5 Å². The van der Waals surface area contributed by atoms with Crippen LogP contribution in [0.5, 0.6) is 0 Å². The second kappa shape index (κ2) is 4.70. The molecule has 0 radical (unpaired) electrons. The predicted molar refractivity (Wildman–Crippen MR) is 52.9 cm³/mol. The highest BCUT2D eigenvalue weighted by Crippen LogP contribution is 2.09. The van der Waals surface area contributed by atoms with Gasteiger partial charge in [0.25, 0.3) is 0 Å². The van der Waals surface area contributed by atoms with Crippen LogP contribution in [0.25, 0.3) is 0 Å². The molecule has 0 aliphatic rings. The van der Waals surface area contributed by atoms with Gasteiger partial charge in [0.1, 0.15) is 0 Å². The van der Waals surface area contributed by atoms with Crippen molar-refractivity contribution in [1.82, 2.24) is 0 Å². The summed E-state index contributed by atoms with van der Waals surface area (Å²) in [6, 6.07) is 0. The highest BCUT2D eigenvalue weighted by Gasteiger charge is 1.97. The number of carbonyl (C=O) groups excluding carboxylic acids is 1. The van der Waals surface area contributed by atoms with Crippen LogP contribution in [-0.2, 0) is 4.79 Å². The van der Waals surface area contributed by atoms with Crippen molar-refractivity contribution in [3.8, 4) is 0 Å². The van der Waals surface area contributed by atoms with E-state index in [-0.39, 0.29) is 5.78 Å². The molecule has 0 heterocycles. The molecule has 0 N–H and O–H groups in total. The Morgan fingerprint density at radius 1 is 1.25 bits per heavy atom. The zero-order chi connectivity index (χ0) is 9.72. The molecule has 0 aliphatic carbocycles. The Hall–Kier alpha value is -1.11. The number of allylic oxidation sites excluding steroid dienone is 4. The molecule has 0 atom stereocenters. The zero-order valence-corrected chi connectivity index (χ0v) is 8.05. The van der Waals surface area contributed by atoms with E-state index in [1.54, 1.807) is 6.08 Å². The molecule has 66 valence electrons. The van der Waals surface area contributed by atoms with Crippen LogP contribution in [0.1, 0.15) is 20.8 Å². The minimum Gasteiger partial charge on any atom is -0.295 e. The molecule has 0 aromatic carbocycles. The maximum absolute atomic E-state index is 10.7. The lowest BCUT2D eigenvalue weighted by Gasteiger charge is -2.02. The molecule has 0 aromatic rings. The summed E-state index contributed by atoms with van der Waals surface area (Å²) in [5.74, 6) is 0.420. The first-order valence-corrected chi connectivity index (χ1v) is 4.02. The number of ketones is 1. The molecule has 12 heavy (non-hydrogen) atoms. The minimum atomic E-state index is 0.00260. The van der Waals surface area contributed by atoms with E-state index in [1.807, 2.05) is 6.08 Å². The van der Waals surface area contributed by atoms with E-state index in [2.05, 4.69) is 27.0 Å². The van der Waals surface area contributed by atoms with Crippen molar-refractivity contribution >= 4 is 5.78 Å². The normalized spacial score (nSPS) is 10.7. The topological polar surface area (TPSA) is 17.1 Å². The monoisotopic (exact) mass is 164 g/mol. The van der Waals surface area contributed by atoms with E-state index >= 15 is 0 Å². The number of Topliss-reactive ketones (excluding diaryl/α,β-unsaturated/α-hetero) is 1. The Labute approximate surface area is 74.5 Å². The Morgan fingerprint density at radius 2 is 1.75 bits per heavy atom. The molecule has 0 saturated carbocycles. The second-order valence-corrected chi connectivity index (χ2v) is 3.14. The van der Waals surface area contributed by atoms with E-state index in [4.69, 9.17) is 0 Å². The van der Waals surface area contributed by atoms with Gasteiger partial charge in [-0.2, -0.15) is 0 Å². The fraction of sp³-hybridized carbons (Fsp3) is 0.364. The van der Waals surface area contributed by atoms with E-state index in [9.17, 15) is 4.79 Å². The maximum atomic E-state index is 10.7.